The molecule has 37 heavy (non-hydrogen) atoms. The highest BCUT2D eigenvalue weighted by Crippen LogP contribution is 2.40. The topological polar surface area (TPSA) is 108 Å². The first kappa shape index (κ1) is 24.2. The van der Waals surface area contributed by atoms with Gasteiger partial charge in [-0.2, -0.15) is 0 Å². The number of benzene rings is 2. The third-order valence-corrected chi connectivity index (χ3v) is 6.50. The lowest BCUT2D eigenvalue weighted by atomic mass is 10.0. The van der Waals surface area contributed by atoms with Gasteiger partial charge in [0.15, 0.2) is 5.11 Å². The first-order valence-electron chi connectivity index (χ1n) is 11.8. The lowest BCUT2D eigenvalue weighted by Crippen LogP contribution is -2.32. The molecular weight excluding hydrogens is 488 g/mol. The summed E-state index contributed by atoms with van der Waals surface area (Å²) in [6.45, 7) is 0.364. The number of nitrogens with one attached hydrogen (secondary N) is 2. The van der Waals surface area contributed by atoms with Crippen molar-refractivity contribution >= 4 is 34.9 Å². The summed E-state index contributed by atoms with van der Waals surface area (Å²) >= 11 is 5.67. The highest BCUT2D eigenvalue weighted by atomic mass is 32.1. The number of hydrogen-bond acceptors (Lipinski definition) is 5. The van der Waals surface area contributed by atoms with Crippen molar-refractivity contribution in [2.45, 2.75) is 18.5 Å². The largest absolute Gasteiger partial charge is 0.478 e. The molecule has 2 aromatic carbocycles. The number of rotatable bonds is 8. The third-order valence-electron chi connectivity index (χ3n) is 6.15. The molecule has 0 radical (unpaired) electrons. The fourth-order valence-electron chi connectivity index (χ4n) is 4.39. The fraction of sp³-hybridized carbons (Fsp3) is 0.143. The van der Waals surface area contributed by atoms with E-state index in [1.165, 1.54) is 6.07 Å². The van der Waals surface area contributed by atoms with Gasteiger partial charge in [-0.15, -0.1) is 0 Å². The van der Waals surface area contributed by atoms with E-state index in [2.05, 4.69) is 15.6 Å². The van der Waals surface area contributed by atoms with Crippen molar-refractivity contribution in [2.24, 2.45) is 0 Å². The molecule has 186 valence electrons. The summed E-state index contributed by atoms with van der Waals surface area (Å²) in [5.41, 5.74) is 2.35. The van der Waals surface area contributed by atoms with Gasteiger partial charge in [0.05, 0.1) is 17.3 Å². The maximum Gasteiger partial charge on any atom is 0.335 e. The zero-order chi connectivity index (χ0) is 25.8. The molecule has 0 saturated carbocycles. The minimum Gasteiger partial charge on any atom is -0.478 e. The number of amides is 1. The highest BCUT2D eigenvalue weighted by molar-refractivity contribution is 7.80. The van der Waals surface area contributed by atoms with Crippen LogP contribution < -0.4 is 10.6 Å². The second-order valence-corrected chi connectivity index (χ2v) is 8.96. The molecule has 1 aliphatic heterocycles. The Kier molecular flexibility index (Phi) is 6.96. The van der Waals surface area contributed by atoms with Crippen LogP contribution in [-0.2, 0) is 4.79 Å². The van der Waals surface area contributed by atoms with Crippen LogP contribution >= 0.6 is 12.2 Å². The number of carboxylic acid groups (broad SMARTS) is 1. The number of carbonyl (C=O) groups is 2. The number of nitrogens with zero attached hydrogens (tertiary/aromatic N) is 2. The number of anilines is 1. The highest BCUT2D eigenvalue weighted by Gasteiger charge is 2.41. The Morgan fingerprint density at radius 2 is 1.84 bits per heavy atom. The lowest BCUT2D eigenvalue weighted by Gasteiger charge is -2.25. The van der Waals surface area contributed by atoms with Gasteiger partial charge in [0.1, 0.15) is 17.6 Å². The van der Waals surface area contributed by atoms with Gasteiger partial charge >= 0.3 is 5.97 Å². The van der Waals surface area contributed by atoms with E-state index in [9.17, 15) is 14.7 Å². The SMILES string of the molecule is O=C(CCN1C(=S)N[C@@H](c2ccccn2)[C@@H]1c1ccc(-c2cccc(C(=O)O)c2)o1)Nc1ccccc1. The van der Waals surface area contributed by atoms with Crippen molar-refractivity contribution < 1.29 is 19.1 Å². The van der Waals surface area contributed by atoms with Crippen molar-refractivity contribution in [3.63, 3.8) is 0 Å². The molecule has 1 fully saturated rings. The predicted molar refractivity (Wildman–Crippen MR) is 143 cm³/mol. The molecule has 1 amide bonds. The standard InChI is InChI=1S/C28H24N4O4S/c33-24(30-20-9-2-1-3-10-20)14-16-32-26(25(31-28(32)37)21-11-4-5-15-29-21)23-13-12-22(36-23)18-7-6-8-19(17-18)27(34)35/h1-13,15,17,25-26H,14,16H2,(H,30,33)(H,31,37)(H,34,35)/t25-,26-/m0/s1. The van der Waals surface area contributed by atoms with Crippen molar-refractivity contribution in [3.8, 4) is 11.3 Å². The van der Waals surface area contributed by atoms with Crippen LogP contribution in [0, 0.1) is 0 Å². The van der Waals surface area contributed by atoms with Gasteiger partial charge in [0.25, 0.3) is 0 Å². The maximum absolute atomic E-state index is 12.7. The Morgan fingerprint density at radius 1 is 1.03 bits per heavy atom. The van der Waals surface area contributed by atoms with Crippen molar-refractivity contribution in [1.29, 1.82) is 0 Å². The number of carboxylic acids is 1. The van der Waals surface area contributed by atoms with Crippen LogP contribution in [0.3, 0.4) is 0 Å². The number of pyridine rings is 1. The zero-order valence-electron chi connectivity index (χ0n) is 19.7. The molecule has 9 heteroatoms. The van der Waals surface area contributed by atoms with E-state index < -0.39 is 5.97 Å². The first-order valence-corrected chi connectivity index (χ1v) is 12.2. The molecule has 2 aromatic heterocycles. The summed E-state index contributed by atoms with van der Waals surface area (Å²) in [6, 6.07) is 24.6. The fourth-order valence-corrected chi connectivity index (χ4v) is 4.73. The van der Waals surface area contributed by atoms with Gasteiger partial charge in [-0.3, -0.25) is 9.78 Å². The second kappa shape index (κ2) is 10.6. The van der Waals surface area contributed by atoms with E-state index in [4.69, 9.17) is 16.6 Å². The minimum absolute atomic E-state index is 0.125. The van der Waals surface area contributed by atoms with Crippen molar-refractivity contribution in [2.75, 3.05) is 11.9 Å². The average Bonchev–Trinajstić information content (AvgIpc) is 3.53. The molecule has 1 saturated heterocycles. The summed E-state index contributed by atoms with van der Waals surface area (Å²) in [5, 5.41) is 16.1. The number of hydrogen-bond donors (Lipinski definition) is 3. The smallest absolute Gasteiger partial charge is 0.335 e. The maximum atomic E-state index is 12.7. The molecule has 3 heterocycles. The number of para-hydroxylation sites is 1. The van der Waals surface area contributed by atoms with Gasteiger partial charge in [-0.05, 0) is 60.7 Å². The second-order valence-electron chi connectivity index (χ2n) is 8.57. The number of aromatic carboxylic acids is 1. The molecular formula is C28H24N4O4S. The third kappa shape index (κ3) is 5.36. The number of aromatic nitrogens is 1. The Labute approximate surface area is 219 Å². The predicted octanol–water partition coefficient (Wildman–Crippen LogP) is 5.04. The lowest BCUT2D eigenvalue weighted by molar-refractivity contribution is -0.116. The van der Waals surface area contributed by atoms with Crippen LogP contribution in [0.15, 0.2) is 95.5 Å². The summed E-state index contributed by atoms with van der Waals surface area (Å²) in [4.78, 5) is 30.5. The quantitative estimate of drug-likeness (QED) is 0.282. The molecule has 3 N–H and O–H groups in total. The van der Waals surface area contributed by atoms with E-state index >= 15 is 0 Å². The van der Waals surface area contributed by atoms with Crippen molar-refractivity contribution in [3.05, 3.63) is 108 Å². The van der Waals surface area contributed by atoms with Crippen LogP contribution in [-0.4, -0.2) is 38.5 Å². The van der Waals surface area contributed by atoms with E-state index in [1.807, 2.05) is 65.6 Å². The molecule has 2 atom stereocenters. The Bertz CT molecular complexity index is 1420. The molecule has 8 nitrogen and oxygen atoms in total. The molecule has 0 unspecified atom stereocenters. The van der Waals surface area contributed by atoms with E-state index in [-0.39, 0.29) is 30.0 Å². The van der Waals surface area contributed by atoms with Gasteiger partial charge in [0, 0.05) is 30.4 Å². The van der Waals surface area contributed by atoms with E-state index in [0.717, 1.165) is 11.4 Å². The van der Waals surface area contributed by atoms with Gasteiger partial charge in [-0.1, -0.05) is 36.4 Å². The molecule has 0 spiro atoms. The molecule has 0 aliphatic carbocycles. The monoisotopic (exact) mass is 512 g/mol. The summed E-state index contributed by atoms with van der Waals surface area (Å²) in [6.07, 6.45) is 1.94. The first-order chi connectivity index (χ1) is 18.0. The number of furan rings is 1. The molecule has 0 bridgehead atoms. The van der Waals surface area contributed by atoms with Crippen LogP contribution in [0.25, 0.3) is 11.3 Å². The molecule has 5 rings (SSSR count). The Balaban J connectivity index is 1.42. The molecule has 1 aliphatic rings. The van der Waals surface area contributed by atoms with E-state index in [1.54, 1.807) is 24.4 Å². The minimum atomic E-state index is -1.01. The Morgan fingerprint density at radius 3 is 2.59 bits per heavy atom. The number of thiocarbonyl (C=S) groups is 1. The Hall–Kier alpha value is -4.50. The van der Waals surface area contributed by atoms with Crippen molar-refractivity contribution in [1.82, 2.24) is 15.2 Å². The van der Waals surface area contributed by atoms with Crippen LogP contribution in [0.2, 0.25) is 0 Å². The molecule has 4 aromatic rings. The summed E-state index contributed by atoms with van der Waals surface area (Å²) in [5.74, 6) is 0.0356. The van der Waals surface area contributed by atoms with Gasteiger partial charge in [-0.25, -0.2) is 4.79 Å². The summed E-state index contributed by atoms with van der Waals surface area (Å²) < 4.78 is 6.26. The van der Waals surface area contributed by atoms with Crippen LogP contribution in [0.5, 0.6) is 0 Å². The van der Waals surface area contributed by atoms with E-state index in [0.29, 0.717) is 28.7 Å². The van der Waals surface area contributed by atoms with Gasteiger partial charge in [0.2, 0.25) is 5.91 Å². The average molecular weight is 513 g/mol. The van der Waals surface area contributed by atoms with Crippen LogP contribution in [0.4, 0.5) is 5.69 Å². The van der Waals surface area contributed by atoms with Crippen LogP contribution in [0.1, 0.15) is 40.3 Å². The normalized spacial score (nSPS) is 16.9. The zero-order valence-corrected chi connectivity index (χ0v) is 20.5. The number of carbonyl (C=O) groups excluding carboxylic acids is 1. The van der Waals surface area contributed by atoms with Gasteiger partial charge < -0.3 is 25.1 Å². The summed E-state index contributed by atoms with van der Waals surface area (Å²) in [7, 11) is 0.